The van der Waals surface area contributed by atoms with Crippen molar-refractivity contribution in [3.8, 4) is 0 Å². The predicted octanol–water partition coefficient (Wildman–Crippen LogP) is 0.578. The second-order valence-corrected chi connectivity index (χ2v) is 6.88. The first-order valence-corrected chi connectivity index (χ1v) is 9.23. The number of nitrogens with one attached hydrogen (secondary N) is 1. The second-order valence-electron chi connectivity index (χ2n) is 6.88. The van der Waals surface area contributed by atoms with Gasteiger partial charge in [-0.2, -0.15) is 0 Å². The van der Waals surface area contributed by atoms with E-state index >= 15 is 0 Å². The van der Waals surface area contributed by atoms with Crippen molar-refractivity contribution in [3.05, 3.63) is 0 Å². The van der Waals surface area contributed by atoms with Gasteiger partial charge in [0.25, 0.3) is 0 Å². The van der Waals surface area contributed by atoms with Crippen molar-refractivity contribution in [1.29, 1.82) is 0 Å². The molecule has 0 aromatic carbocycles. The minimum Gasteiger partial charge on any atom is -0.480 e. The smallest absolute Gasteiger partial charge is 0.318 e. The largest absolute Gasteiger partial charge is 0.480 e. The zero-order valence-electron chi connectivity index (χ0n) is 15.2. The number of urea groups is 1. The Balaban J connectivity index is 1.77. The average molecular weight is 354 g/mol. The number of aliphatic carboxylic acids is 1. The highest BCUT2D eigenvalue weighted by Crippen LogP contribution is 2.25. The summed E-state index contributed by atoms with van der Waals surface area (Å²) in [7, 11) is 0. The number of rotatable bonds is 7. The molecular weight excluding hydrogens is 324 g/mol. The van der Waals surface area contributed by atoms with Gasteiger partial charge in [0, 0.05) is 31.7 Å². The van der Waals surface area contributed by atoms with Gasteiger partial charge in [-0.3, -0.25) is 14.5 Å². The van der Waals surface area contributed by atoms with E-state index in [1.54, 1.807) is 4.90 Å². The van der Waals surface area contributed by atoms with E-state index in [9.17, 15) is 14.4 Å². The molecule has 0 unspecified atom stereocenters. The van der Waals surface area contributed by atoms with Gasteiger partial charge in [0.15, 0.2) is 0 Å². The van der Waals surface area contributed by atoms with Crippen LogP contribution in [0.15, 0.2) is 0 Å². The molecular formula is C17H30N4O4. The summed E-state index contributed by atoms with van der Waals surface area (Å²) in [6.07, 6.45) is 3.24. The van der Waals surface area contributed by atoms with Crippen LogP contribution in [0.3, 0.4) is 0 Å². The van der Waals surface area contributed by atoms with Gasteiger partial charge in [0.2, 0.25) is 5.91 Å². The van der Waals surface area contributed by atoms with E-state index in [2.05, 4.69) is 5.32 Å². The number of carboxylic acid groups (broad SMARTS) is 1. The zero-order chi connectivity index (χ0) is 18.4. The number of hydrogen-bond donors (Lipinski definition) is 2. The van der Waals surface area contributed by atoms with Gasteiger partial charge in [0.1, 0.15) is 6.54 Å². The minimum absolute atomic E-state index is 0.0135. The molecule has 2 N–H and O–H groups in total. The summed E-state index contributed by atoms with van der Waals surface area (Å²) in [5, 5.41) is 11.9. The molecule has 8 nitrogen and oxygen atoms in total. The fourth-order valence-corrected chi connectivity index (χ4v) is 3.54. The lowest BCUT2D eigenvalue weighted by molar-refractivity contribution is -0.139. The van der Waals surface area contributed by atoms with Crippen LogP contribution in [0.25, 0.3) is 0 Å². The van der Waals surface area contributed by atoms with Gasteiger partial charge in [0.05, 0.1) is 6.54 Å². The van der Waals surface area contributed by atoms with Crippen molar-refractivity contribution in [2.24, 2.45) is 0 Å². The van der Waals surface area contributed by atoms with Crippen molar-refractivity contribution in [1.82, 2.24) is 20.0 Å². The highest BCUT2D eigenvalue weighted by molar-refractivity contribution is 5.84. The van der Waals surface area contributed by atoms with E-state index in [0.717, 1.165) is 32.2 Å². The first-order chi connectivity index (χ1) is 11.9. The van der Waals surface area contributed by atoms with Crippen molar-refractivity contribution in [2.45, 2.75) is 51.6 Å². The quantitative estimate of drug-likeness (QED) is 0.697. The fourth-order valence-electron chi connectivity index (χ4n) is 3.54. The fraction of sp³-hybridized carbons (Fsp3) is 0.824. The highest BCUT2D eigenvalue weighted by atomic mass is 16.4. The number of carbonyl (C=O) groups is 3. The molecule has 1 aliphatic carbocycles. The van der Waals surface area contributed by atoms with Gasteiger partial charge in [-0.1, -0.05) is 13.8 Å². The van der Waals surface area contributed by atoms with Crippen molar-refractivity contribution in [2.75, 3.05) is 39.3 Å². The van der Waals surface area contributed by atoms with Gasteiger partial charge in [-0.15, -0.1) is 0 Å². The maximum absolute atomic E-state index is 12.4. The molecule has 2 fully saturated rings. The Kier molecular flexibility index (Phi) is 7.04. The van der Waals surface area contributed by atoms with Crippen molar-refractivity contribution >= 4 is 17.9 Å². The lowest BCUT2D eigenvalue weighted by Crippen LogP contribution is -2.57. The number of carboxylic acids is 1. The van der Waals surface area contributed by atoms with E-state index in [-0.39, 0.29) is 37.1 Å². The summed E-state index contributed by atoms with van der Waals surface area (Å²) in [5.41, 5.74) is 0. The molecule has 0 aromatic heterocycles. The summed E-state index contributed by atoms with van der Waals surface area (Å²) in [6, 6.07) is 0.0825. The molecule has 25 heavy (non-hydrogen) atoms. The summed E-state index contributed by atoms with van der Waals surface area (Å²) in [4.78, 5) is 40.8. The number of carbonyl (C=O) groups excluding carboxylic acids is 2. The summed E-state index contributed by atoms with van der Waals surface area (Å²) in [5.74, 6) is -0.811. The topological polar surface area (TPSA) is 93.2 Å². The van der Waals surface area contributed by atoms with Gasteiger partial charge in [-0.25, -0.2) is 4.79 Å². The molecule has 0 bridgehead atoms. The molecule has 1 aliphatic heterocycles. The lowest BCUT2D eigenvalue weighted by Gasteiger charge is -2.42. The van der Waals surface area contributed by atoms with Crippen LogP contribution in [0.5, 0.6) is 0 Å². The minimum atomic E-state index is -0.825. The Morgan fingerprint density at radius 3 is 2.60 bits per heavy atom. The van der Waals surface area contributed by atoms with E-state index in [0.29, 0.717) is 19.6 Å². The molecule has 1 heterocycles. The van der Waals surface area contributed by atoms with Gasteiger partial charge >= 0.3 is 12.0 Å². The maximum atomic E-state index is 12.4. The Morgan fingerprint density at radius 1 is 1.28 bits per heavy atom. The van der Waals surface area contributed by atoms with Crippen molar-refractivity contribution < 1.29 is 19.5 Å². The average Bonchev–Trinajstić information content (AvgIpc) is 2.71. The number of nitrogens with zero attached hydrogens (tertiary/aromatic N) is 3. The standard InChI is InChI=1S/C17H30N4O4/c1-3-6-20-7-5-8-21(11-15(20)22)17(25)18-13-9-14(10-13)19(4-2)12-16(23)24/h13-14H,3-12H2,1-2H3,(H,18,25)(H,23,24). The number of hydrogen-bond acceptors (Lipinski definition) is 4. The highest BCUT2D eigenvalue weighted by Gasteiger charge is 2.36. The Bertz CT molecular complexity index is 493. The summed E-state index contributed by atoms with van der Waals surface area (Å²) >= 11 is 0. The van der Waals surface area contributed by atoms with Crippen LogP contribution in [0, 0.1) is 0 Å². The normalized spacial score (nSPS) is 24.0. The Hall–Kier alpha value is -1.83. The Labute approximate surface area is 149 Å². The number of amides is 3. The molecule has 142 valence electrons. The second kappa shape index (κ2) is 9.03. The van der Waals surface area contributed by atoms with Crippen LogP contribution in [0.2, 0.25) is 0 Å². The molecule has 0 atom stereocenters. The van der Waals surface area contributed by atoms with Crippen LogP contribution in [0.1, 0.15) is 39.5 Å². The van der Waals surface area contributed by atoms with E-state index in [4.69, 9.17) is 5.11 Å². The third-order valence-corrected chi connectivity index (χ3v) is 5.02. The van der Waals surface area contributed by atoms with Crippen LogP contribution in [0.4, 0.5) is 4.79 Å². The molecule has 0 aromatic rings. The molecule has 0 radical (unpaired) electrons. The molecule has 8 heteroatoms. The van der Waals surface area contributed by atoms with E-state index in [1.807, 2.05) is 23.6 Å². The van der Waals surface area contributed by atoms with Crippen LogP contribution < -0.4 is 5.32 Å². The monoisotopic (exact) mass is 354 g/mol. The predicted molar refractivity (Wildman–Crippen MR) is 93.3 cm³/mol. The third-order valence-electron chi connectivity index (χ3n) is 5.02. The molecule has 0 spiro atoms. The van der Waals surface area contributed by atoms with Crippen LogP contribution >= 0.6 is 0 Å². The third kappa shape index (κ3) is 5.32. The Morgan fingerprint density at radius 2 is 2.00 bits per heavy atom. The SMILES string of the molecule is CCCN1CCCN(C(=O)NC2CC(N(CC)CC(=O)O)C2)CC1=O. The molecule has 2 aliphatic rings. The summed E-state index contributed by atoms with van der Waals surface area (Å²) in [6.45, 7) is 6.90. The van der Waals surface area contributed by atoms with E-state index < -0.39 is 5.97 Å². The van der Waals surface area contributed by atoms with Gasteiger partial charge < -0.3 is 20.2 Å². The van der Waals surface area contributed by atoms with Crippen LogP contribution in [-0.4, -0.2) is 89.1 Å². The lowest BCUT2D eigenvalue weighted by atomic mass is 9.85. The van der Waals surface area contributed by atoms with Crippen LogP contribution in [-0.2, 0) is 9.59 Å². The maximum Gasteiger partial charge on any atom is 0.318 e. The molecule has 1 saturated carbocycles. The molecule has 2 rings (SSSR count). The first kappa shape index (κ1) is 19.5. The van der Waals surface area contributed by atoms with Gasteiger partial charge in [-0.05, 0) is 32.2 Å². The zero-order valence-corrected chi connectivity index (χ0v) is 15.2. The number of likely N-dealkylation sites (N-methyl/N-ethyl adjacent to an activating group) is 1. The van der Waals surface area contributed by atoms with E-state index in [1.165, 1.54) is 0 Å². The molecule has 3 amide bonds. The first-order valence-electron chi connectivity index (χ1n) is 9.23. The molecule has 1 saturated heterocycles. The van der Waals surface area contributed by atoms with Crippen molar-refractivity contribution in [3.63, 3.8) is 0 Å². The summed E-state index contributed by atoms with van der Waals surface area (Å²) < 4.78 is 0.